The van der Waals surface area contributed by atoms with E-state index < -0.39 is 16.1 Å². The van der Waals surface area contributed by atoms with E-state index in [9.17, 15) is 18.0 Å². The summed E-state index contributed by atoms with van der Waals surface area (Å²) in [6.45, 7) is 3.45. The highest BCUT2D eigenvalue weighted by atomic mass is 35.5. The summed E-state index contributed by atoms with van der Waals surface area (Å²) < 4.78 is 29.8. The van der Waals surface area contributed by atoms with Crippen molar-refractivity contribution in [1.29, 1.82) is 0 Å². The predicted molar refractivity (Wildman–Crippen MR) is 148 cm³/mol. The Labute approximate surface area is 234 Å². The number of rotatable bonds is 6. The highest BCUT2D eigenvalue weighted by Gasteiger charge is 2.39. The zero-order valence-electron chi connectivity index (χ0n) is 20.8. The van der Waals surface area contributed by atoms with E-state index in [2.05, 4.69) is 22.5 Å². The fraction of sp³-hybridized carbons (Fsp3) is 0.480. The van der Waals surface area contributed by atoms with Crippen LogP contribution in [0.25, 0.3) is 10.1 Å². The molecule has 0 radical (unpaired) electrons. The monoisotopic (exact) mass is 593 g/mol. The molecule has 2 aromatic heterocycles. The molecule has 0 spiro atoms. The first-order valence-corrected chi connectivity index (χ1v) is 16.1. The number of amides is 2. The van der Waals surface area contributed by atoms with Gasteiger partial charge in [0.1, 0.15) is 4.21 Å². The van der Waals surface area contributed by atoms with Gasteiger partial charge in [-0.2, -0.15) is 4.31 Å². The van der Waals surface area contributed by atoms with Crippen molar-refractivity contribution < 1.29 is 18.0 Å². The molecule has 2 atom stereocenters. The van der Waals surface area contributed by atoms with Crippen molar-refractivity contribution in [2.24, 2.45) is 5.92 Å². The molecule has 1 saturated heterocycles. The number of halogens is 1. The number of thiophene rings is 1. The normalized spacial score (nSPS) is 22.4. The van der Waals surface area contributed by atoms with Crippen molar-refractivity contribution in [1.82, 2.24) is 24.8 Å². The van der Waals surface area contributed by atoms with Gasteiger partial charge in [-0.15, -0.1) is 22.7 Å². The summed E-state index contributed by atoms with van der Waals surface area (Å²) in [6.07, 6.45) is 2.51. The van der Waals surface area contributed by atoms with Gasteiger partial charge >= 0.3 is 0 Å². The molecule has 2 unspecified atom stereocenters. The summed E-state index contributed by atoms with van der Waals surface area (Å²) in [5, 5.41) is 8.14. The van der Waals surface area contributed by atoms with Gasteiger partial charge in [0.2, 0.25) is 5.91 Å². The lowest BCUT2D eigenvalue weighted by molar-refractivity contribution is -0.122. The highest BCUT2D eigenvalue weighted by Crippen LogP contribution is 2.34. The smallest absolute Gasteiger partial charge is 0.283 e. The SMILES string of the molecule is CC1Cc2nc(C(=O)N3CCN(S(=O)(=O)c4cc5ccc(Cl)cc5s4)CC3CNC(=O)C3CC3)sc2CN1. The first-order chi connectivity index (χ1) is 18.2. The molecule has 3 aromatic rings. The van der Waals surface area contributed by atoms with Gasteiger partial charge in [-0.3, -0.25) is 9.59 Å². The average Bonchev–Trinajstić information content (AvgIpc) is 3.53. The van der Waals surface area contributed by atoms with Gasteiger partial charge in [-0.05, 0) is 43.4 Å². The maximum Gasteiger partial charge on any atom is 0.283 e. The van der Waals surface area contributed by atoms with Crippen molar-refractivity contribution >= 4 is 66.2 Å². The van der Waals surface area contributed by atoms with Crippen LogP contribution < -0.4 is 10.6 Å². The van der Waals surface area contributed by atoms with Gasteiger partial charge in [-0.1, -0.05) is 17.7 Å². The Kier molecular flexibility index (Phi) is 6.98. The third kappa shape index (κ3) is 5.09. The second kappa shape index (κ2) is 10.1. The Balaban J connectivity index is 1.24. The van der Waals surface area contributed by atoms with Gasteiger partial charge in [0.05, 0.1) is 11.7 Å². The maximum absolute atomic E-state index is 13.6. The van der Waals surface area contributed by atoms with Crippen molar-refractivity contribution in [3.8, 4) is 0 Å². The van der Waals surface area contributed by atoms with E-state index in [0.717, 1.165) is 39.9 Å². The fourth-order valence-corrected chi connectivity index (χ4v) is 9.25. The first-order valence-electron chi connectivity index (χ1n) is 12.7. The van der Waals surface area contributed by atoms with Gasteiger partial charge in [0, 0.05) is 65.7 Å². The first kappa shape index (κ1) is 26.1. The summed E-state index contributed by atoms with van der Waals surface area (Å²) >= 11 is 8.68. The number of carbonyl (C=O) groups excluding carboxylic acids is 2. The minimum atomic E-state index is -3.80. The van der Waals surface area contributed by atoms with Crippen LogP contribution in [0.5, 0.6) is 0 Å². The molecule has 38 heavy (non-hydrogen) atoms. The van der Waals surface area contributed by atoms with E-state index in [4.69, 9.17) is 11.6 Å². The number of hydrogen-bond acceptors (Lipinski definition) is 8. The number of nitrogens with one attached hydrogen (secondary N) is 2. The quantitative estimate of drug-likeness (QED) is 0.454. The minimum absolute atomic E-state index is 0.0214. The number of fused-ring (bicyclic) bond motifs is 2. The largest absolute Gasteiger partial charge is 0.354 e. The third-order valence-corrected chi connectivity index (χ3v) is 12.0. The van der Waals surface area contributed by atoms with Crippen LogP contribution in [0.15, 0.2) is 28.5 Å². The van der Waals surface area contributed by atoms with Gasteiger partial charge < -0.3 is 15.5 Å². The van der Waals surface area contributed by atoms with Crippen LogP contribution in [-0.4, -0.2) is 72.7 Å². The zero-order chi connectivity index (χ0) is 26.6. The zero-order valence-corrected chi connectivity index (χ0v) is 24.0. The third-order valence-electron chi connectivity index (χ3n) is 7.29. The molecule has 1 aliphatic carbocycles. The number of nitrogens with zero attached hydrogens (tertiary/aromatic N) is 3. The van der Waals surface area contributed by atoms with Gasteiger partial charge in [0.15, 0.2) is 5.01 Å². The van der Waals surface area contributed by atoms with Crippen molar-refractivity contribution in [3.63, 3.8) is 0 Å². The number of aromatic nitrogens is 1. The molecular weight excluding hydrogens is 566 g/mol. The fourth-order valence-electron chi connectivity index (χ4n) is 4.95. The van der Waals surface area contributed by atoms with Crippen LogP contribution in [0.2, 0.25) is 5.02 Å². The van der Waals surface area contributed by atoms with E-state index in [0.29, 0.717) is 22.6 Å². The number of sulfonamides is 1. The van der Waals surface area contributed by atoms with E-state index in [-0.39, 0.29) is 48.1 Å². The molecule has 4 heterocycles. The molecule has 2 aliphatic heterocycles. The van der Waals surface area contributed by atoms with E-state index in [1.165, 1.54) is 27.0 Å². The Morgan fingerprint density at radius 2 is 2.03 bits per heavy atom. The Morgan fingerprint density at radius 3 is 2.82 bits per heavy atom. The molecule has 2 fully saturated rings. The molecule has 6 rings (SSSR count). The Morgan fingerprint density at radius 1 is 1.21 bits per heavy atom. The molecule has 2 amide bonds. The molecule has 9 nitrogen and oxygen atoms in total. The number of thiazole rings is 1. The van der Waals surface area contributed by atoms with Crippen LogP contribution in [-0.2, 0) is 27.8 Å². The summed E-state index contributed by atoms with van der Waals surface area (Å²) in [5.74, 6) is -0.229. The summed E-state index contributed by atoms with van der Waals surface area (Å²) in [5.41, 5.74) is 0.953. The highest BCUT2D eigenvalue weighted by molar-refractivity contribution is 7.91. The summed E-state index contributed by atoms with van der Waals surface area (Å²) in [7, 11) is -3.80. The average molecular weight is 594 g/mol. The minimum Gasteiger partial charge on any atom is -0.354 e. The molecule has 0 bridgehead atoms. The molecule has 3 aliphatic rings. The van der Waals surface area contributed by atoms with E-state index in [1.54, 1.807) is 23.1 Å². The van der Waals surface area contributed by atoms with Crippen LogP contribution in [0.3, 0.4) is 0 Å². The Hall–Kier alpha value is -2.09. The van der Waals surface area contributed by atoms with Crippen LogP contribution >= 0.6 is 34.3 Å². The molecular formula is C25H28ClN5O4S3. The summed E-state index contributed by atoms with van der Waals surface area (Å²) in [4.78, 5) is 33.5. The number of hydrogen-bond donors (Lipinski definition) is 2. The maximum atomic E-state index is 13.6. The molecule has 202 valence electrons. The Bertz CT molecular complexity index is 1520. The number of benzene rings is 1. The second-order valence-corrected chi connectivity index (χ2v) is 14.9. The summed E-state index contributed by atoms with van der Waals surface area (Å²) in [6, 6.07) is 6.78. The predicted octanol–water partition coefficient (Wildman–Crippen LogP) is 3.09. The molecule has 1 aromatic carbocycles. The molecule has 1 saturated carbocycles. The van der Waals surface area contributed by atoms with Crippen LogP contribution in [0.4, 0.5) is 0 Å². The number of carbonyl (C=O) groups is 2. The van der Waals surface area contributed by atoms with Gasteiger partial charge in [0.25, 0.3) is 15.9 Å². The van der Waals surface area contributed by atoms with Crippen LogP contribution in [0, 0.1) is 5.92 Å². The van der Waals surface area contributed by atoms with Gasteiger partial charge in [-0.25, -0.2) is 13.4 Å². The molecule has 13 heteroatoms. The lowest BCUT2D eigenvalue weighted by Gasteiger charge is -2.40. The second-order valence-electron chi connectivity index (χ2n) is 10.2. The lowest BCUT2D eigenvalue weighted by atomic mass is 10.1. The van der Waals surface area contributed by atoms with Crippen LogP contribution in [0.1, 0.15) is 40.1 Å². The van der Waals surface area contributed by atoms with Crippen molar-refractivity contribution in [2.75, 3.05) is 26.2 Å². The van der Waals surface area contributed by atoms with E-state index in [1.807, 2.05) is 6.07 Å². The van der Waals surface area contributed by atoms with E-state index >= 15 is 0 Å². The van der Waals surface area contributed by atoms with Crippen molar-refractivity contribution in [2.45, 2.75) is 49.0 Å². The van der Waals surface area contributed by atoms with Crippen molar-refractivity contribution in [3.05, 3.63) is 44.9 Å². The number of piperazine rings is 1. The topological polar surface area (TPSA) is 112 Å². The molecule has 2 N–H and O–H groups in total. The lowest BCUT2D eigenvalue weighted by Crippen LogP contribution is -2.59. The standard InChI is InChI=1S/C25H28ClN5O4S3/c1-14-8-19-21(12-27-14)37-24(29-19)25(33)31-7-6-30(13-18(31)11-28-23(32)15-2-3-15)38(34,35)22-9-16-4-5-17(26)10-20(16)36-22/h4-5,9-10,14-15,18,27H,2-3,6-8,11-13H2,1H3,(H,28,32).